The number of rotatable bonds is 2. The van der Waals surface area contributed by atoms with Crippen molar-refractivity contribution in [1.29, 1.82) is 0 Å². The van der Waals surface area contributed by atoms with E-state index in [2.05, 4.69) is 11.8 Å². The average Bonchev–Trinajstić information content (AvgIpc) is 2.71. The lowest BCUT2D eigenvalue weighted by molar-refractivity contribution is -0.138. The second-order valence-electron chi connectivity index (χ2n) is 4.93. The van der Waals surface area contributed by atoms with Gasteiger partial charge >= 0.3 is 5.97 Å². The molecule has 1 heterocycles. The summed E-state index contributed by atoms with van der Waals surface area (Å²) in [4.78, 5) is 26.3. The van der Waals surface area contributed by atoms with E-state index in [4.69, 9.17) is 5.11 Å². The topological polar surface area (TPSA) is 60.9 Å². The van der Waals surface area contributed by atoms with Crippen LogP contribution in [0.1, 0.15) is 12.0 Å². The number of carboxylic acids is 1. The van der Waals surface area contributed by atoms with E-state index < -0.39 is 5.97 Å². The lowest BCUT2D eigenvalue weighted by Crippen LogP contribution is -2.36. The summed E-state index contributed by atoms with van der Waals surface area (Å²) in [7, 11) is 0. The van der Waals surface area contributed by atoms with Gasteiger partial charge in [0, 0.05) is 37.7 Å². The molecule has 0 atom stereocenters. The molecule has 2 rings (SSSR count). The molecule has 1 aromatic rings. The smallest absolute Gasteiger partial charge is 0.317 e. The molecule has 5 heteroatoms. The van der Waals surface area contributed by atoms with Crippen LogP contribution in [-0.4, -0.2) is 59.5 Å². The number of aliphatic carboxylic acids is 1. The van der Waals surface area contributed by atoms with E-state index in [1.807, 2.05) is 35.2 Å². The van der Waals surface area contributed by atoms with Gasteiger partial charge in [-0.3, -0.25) is 14.5 Å². The SMILES string of the molecule is O=C(O)CN1CCCN(C(=O)C#Cc2ccccc2)CC1. The summed E-state index contributed by atoms with van der Waals surface area (Å²) >= 11 is 0. The fourth-order valence-electron chi connectivity index (χ4n) is 2.25. The van der Waals surface area contributed by atoms with Crippen LogP contribution in [-0.2, 0) is 9.59 Å². The summed E-state index contributed by atoms with van der Waals surface area (Å²) in [5.74, 6) is 4.48. The standard InChI is InChI=1S/C16H18N2O3/c19-15(8-7-14-5-2-1-3-6-14)18-10-4-9-17(11-12-18)13-16(20)21/h1-3,5-6H,4,9-13H2,(H,20,21). The molecule has 0 spiro atoms. The number of nitrogens with zero attached hydrogens (tertiary/aromatic N) is 2. The molecule has 1 aromatic carbocycles. The Bertz CT molecular complexity index is 560. The molecule has 0 saturated carbocycles. The maximum Gasteiger partial charge on any atom is 0.317 e. The van der Waals surface area contributed by atoms with E-state index in [1.54, 1.807) is 4.90 Å². The first kappa shape index (κ1) is 15.1. The van der Waals surface area contributed by atoms with Crippen LogP contribution < -0.4 is 0 Å². The minimum absolute atomic E-state index is 0.0255. The Morgan fingerprint density at radius 3 is 2.57 bits per heavy atom. The molecule has 21 heavy (non-hydrogen) atoms. The monoisotopic (exact) mass is 286 g/mol. The summed E-state index contributed by atoms with van der Waals surface area (Å²) in [6, 6.07) is 9.38. The highest BCUT2D eigenvalue weighted by Gasteiger charge is 2.19. The zero-order valence-electron chi connectivity index (χ0n) is 11.8. The minimum Gasteiger partial charge on any atom is -0.480 e. The maximum atomic E-state index is 12.1. The Morgan fingerprint density at radius 1 is 1.10 bits per heavy atom. The second-order valence-corrected chi connectivity index (χ2v) is 4.93. The number of amides is 1. The highest BCUT2D eigenvalue weighted by atomic mass is 16.4. The minimum atomic E-state index is -0.835. The summed E-state index contributed by atoms with van der Waals surface area (Å²) in [5, 5.41) is 8.80. The van der Waals surface area contributed by atoms with Crippen molar-refractivity contribution in [1.82, 2.24) is 9.80 Å². The summed E-state index contributed by atoms with van der Waals surface area (Å²) in [5.41, 5.74) is 0.813. The van der Waals surface area contributed by atoms with Crippen LogP contribution in [0.15, 0.2) is 30.3 Å². The highest BCUT2D eigenvalue weighted by molar-refractivity contribution is 5.94. The van der Waals surface area contributed by atoms with Crippen LogP contribution in [0, 0.1) is 11.8 Å². The lowest BCUT2D eigenvalue weighted by atomic mass is 10.2. The van der Waals surface area contributed by atoms with Crippen LogP contribution in [0.5, 0.6) is 0 Å². The quantitative estimate of drug-likeness (QED) is 0.811. The zero-order chi connectivity index (χ0) is 15.1. The normalized spacial score (nSPS) is 15.7. The Morgan fingerprint density at radius 2 is 1.86 bits per heavy atom. The fourth-order valence-corrected chi connectivity index (χ4v) is 2.25. The molecule has 1 aliphatic heterocycles. The number of carboxylic acid groups (broad SMARTS) is 1. The van der Waals surface area contributed by atoms with Crippen LogP contribution in [0.25, 0.3) is 0 Å². The lowest BCUT2D eigenvalue weighted by Gasteiger charge is -2.18. The van der Waals surface area contributed by atoms with Crippen LogP contribution >= 0.6 is 0 Å². The molecule has 0 aromatic heterocycles. The third kappa shape index (κ3) is 4.93. The van der Waals surface area contributed by atoms with Gasteiger partial charge in [0.25, 0.3) is 5.91 Å². The van der Waals surface area contributed by atoms with Gasteiger partial charge in [0.1, 0.15) is 0 Å². The first-order valence-electron chi connectivity index (χ1n) is 6.95. The van der Waals surface area contributed by atoms with Crippen molar-refractivity contribution in [2.75, 3.05) is 32.7 Å². The fraction of sp³-hybridized carbons (Fsp3) is 0.375. The molecule has 1 fully saturated rings. The van der Waals surface area contributed by atoms with E-state index in [0.717, 1.165) is 12.0 Å². The van der Waals surface area contributed by atoms with Gasteiger partial charge in [-0.05, 0) is 18.6 Å². The van der Waals surface area contributed by atoms with Gasteiger partial charge in [-0.15, -0.1) is 0 Å². The number of carbonyl (C=O) groups excluding carboxylic acids is 1. The number of benzene rings is 1. The predicted molar refractivity (Wildman–Crippen MR) is 78.6 cm³/mol. The third-order valence-electron chi connectivity index (χ3n) is 3.32. The maximum absolute atomic E-state index is 12.1. The number of hydrogen-bond acceptors (Lipinski definition) is 3. The molecular formula is C16H18N2O3. The molecule has 0 radical (unpaired) electrons. The molecule has 0 bridgehead atoms. The van der Waals surface area contributed by atoms with Crippen LogP contribution in [0.4, 0.5) is 0 Å². The summed E-state index contributed by atoms with van der Waals surface area (Å²) < 4.78 is 0. The van der Waals surface area contributed by atoms with Gasteiger partial charge in [-0.2, -0.15) is 0 Å². The summed E-state index contributed by atoms with van der Waals surface area (Å²) in [6.45, 7) is 2.44. The van der Waals surface area contributed by atoms with Crippen molar-refractivity contribution >= 4 is 11.9 Å². The van der Waals surface area contributed by atoms with Crippen molar-refractivity contribution in [3.63, 3.8) is 0 Å². The van der Waals surface area contributed by atoms with Crippen LogP contribution in [0.3, 0.4) is 0 Å². The van der Waals surface area contributed by atoms with E-state index in [0.29, 0.717) is 26.2 Å². The van der Waals surface area contributed by atoms with E-state index in [9.17, 15) is 9.59 Å². The molecule has 1 amide bonds. The van der Waals surface area contributed by atoms with Gasteiger partial charge in [0.15, 0.2) is 0 Å². The molecule has 0 aliphatic carbocycles. The molecule has 1 N–H and O–H groups in total. The largest absolute Gasteiger partial charge is 0.480 e. The van der Waals surface area contributed by atoms with Gasteiger partial charge in [0.05, 0.1) is 6.54 Å². The molecular weight excluding hydrogens is 268 g/mol. The Balaban J connectivity index is 1.92. The Labute approximate surface area is 124 Å². The van der Waals surface area contributed by atoms with Crippen molar-refractivity contribution in [3.8, 4) is 11.8 Å². The Kier molecular flexibility index (Phi) is 5.35. The van der Waals surface area contributed by atoms with E-state index in [-0.39, 0.29) is 12.5 Å². The molecule has 110 valence electrons. The third-order valence-corrected chi connectivity index (χ3v) is 3.32. The summed E-state index contributed by atoms with van der Waals surface area (Å²) in [6.07, 6.45) is 0.770. The van der Waals surface area contributed by atoms with Gasteiger partial charge < -0.3 is 10.0 Å². The van der Waals surface area contributed by atoms with Crippen molar-refractivity contribution in [2.24, 2.45) is 0 Å². The van der Waals surface area contributed by atoms with E-state index >= 15 is 0 Å². The van der Waals surface area contributed by atoms with Gasteiger partial charge in [0.2, 0.25) is 0 Å². The van der Waals surface area contributed by atoms with Gasteiger partial charge in [-0.25, -0.2) is 0 Å². The van der Waals surface area contributed by atoms with E-state index in [1.165, 1.54) is 0 Å². The van der Waals surface area contributed by atoms with Crippen molar-refractivity contribution < 1.29 is 14.7 Å². The molecule has 0 unspecified atom stereocenters. The Hall–Kier alpha value is -2.32. The number of hydrogen-bond donors (Lipinski definition) is 1. The molecule has 5 nitrogen and oxygen atoms in total. The zero-order valence-corrected chi connectivity index (χ0v) is 11.8. The molecule has 1 saturated heterocycles. The van der Waals surface area contributed by atoms with Crippen LogP contribution in [0.2, 0.25) is 0 Å². The highest BCUT2D eigenvalue weighted by Crippen LogP contribution is 2.03. The first-order valence-corrected chi connectivity index (χ1v) is 6.95. The van der Waals surface area contributed by atoms with Crippen molar-refractivity contribution in [3.05, 3.63) is 35.9 Å². The number of carbonyl (C=O) groups is 2. The predicted octanol–water partition coefficient (Wildman–Crippen LogP) is 0.657. The second kappa shape index (κ2) is 7.46. The van der Waals surface area contributed by atoms with Gasteiger partial charge in [-0.1, -0.05) is 24.1 Å². The average molecular weight is 286 g/mol. The van der Waals surface area contributed by atoms with Crippen molar-refractivity contribution in [2.45, 2.75) is 6.42 Å². The molecule has 1 aliphatic rings. The first-order chi connectivity index (χ1) is 10.1.